The predicted octanol–water partition coefficient (Wildman–Crippen LogP) is 2.15. The van der Waals surface area contributed by atoms with Crippen molar-refractivity contribution in [1.82, 2.24) is 0 Å². The molecule has 0 radical (unpaired) electrons. The molecule has 0 amide bonds. The van der Waals surface area contributed by atoms with Crippen LogP contribution in [0.25, 0.3) is 0 Å². The maximum absolute atomic E-state index is 10.0. The van der Waals surface area contributed by atoms with E-state index in [0.29, 0.717) is 21.5 Å². The van der Waals surface area contributed by atoms with Gasteiger partial charge in [0.25, 0.3) is 0 Å². The number of hydrogen-bond donors (Lipinski definition) is 2. The highest BCUT2D eigenvalue weighted by Crippen LogP contribution is 2.49. The van der Waals surface area contributed by atoms with Crippen molar-refractivity contribution >= 4 is 15.9 Å². The van der Waals surface area contributed by atoms with Crippen molar-refractivity contribution in [3.63, 3.8) is 0 Å². The number of phenolic OH excluding ortho intramolecular Hbond substituents is 1. The number of fused-ring (bicyclic) bond motifs is 1. The average molecular weight is 289 g/mol. The Morgan fingerprint density at radius 1 is 1.44 bits per heavy atom. The summed E-state index contributed by atoms with van der Waals surface area (Å²) in [6.45, 7) is 3.71. The lowest BCUT2D eigenvalue weighted by atomic mass is 9.84. The normalized spacial score (nSPS) is 14.2. The van der Waals surface area contributed by atoms with Gasteiger partial charge in [-0.1, -0.05) is 13.8 Å². The SMILES string of the molecule is CC(C)(CO)c1c(O)c(Br)cc2c1OCO2. The molecule has 0 aromatic heterocycles. The van der Waals surface area contributed by atoms with Crippen LogP contribution in [0.15, 0.2) is 10.5 Å². The first-order chi connectivity index (χ1) is 7.47. The number of phenols is 1. The first-order valence-electron chi connectivity index (χ1n) is 4.90. The molecule has 16 heavy (non-hydrogen) atoms. The molecule has 0 unspecified atom stereocenters. The lowest BCUT2D eigenvalue weighted by Gasteiger charge is -2.25. The third-order valence-corrected chi connectivity index (χ3v) is 3.27. The maximum atomic E-state index is 10.0. The minimum Gasteiger partial charge on any atom is -0.506 e. The first kappa shape index (κ1) is 11.5. The van der Waals surface area contributed by atoms with Gasteiger partial charge in [0.1, 0.15) is 5.75 Å². The Hall–Kier alpha value is -0.940. The van der Waals surface area contributed by atoms with Gasteiger partial charge in [0.05, 0.1) is 11.1 Å². The molecule has 0 fully saturated rings. The molecular weight excluding hydrogens is 276 g/mol. The molecule has 2 N–H and O–H groups in total. The second-order valence-corrected chi connectivity index (χ2v) is 5.21. The van der Waals surface area contributed by atoms with Crippen LogP contribution in [0.4, 0.5) is 0 Å². The molecule has 2 rings (SSSR count). The zero-order chi connectivity index (χ0) is 11.9. The summed E-state index contributed by atoms with van der Waals surface area (Å²) < 4.78 is 11.1. The second-order valence-electron chi connectivity index (χ2n) is 4.36. The summed E-state index contributed by atoms with van der Waals surface area (Å²) in [5.41, 5.74) is -0.0251. The number of hydrogen-bond acceptors (Lipinski definition) is 4. The smallest absolute Gasteiger partial charge is 0.231 e. The summed E-state index contributed by atoms with van der Waals surface area (Å²) in [6, 6.07) is 1.66. The van der Waals surface area contributed by atoms with Crippen molar-refractivity contribution in [2.45, 2.75) is 19.3 Å². The topological polar surface area (TPSA) is 58.9 Å². The van der Waals surface area contributed by atoms with Gasteiger partial charge >= 0.3 is 0 Å². The Labute approximate surface area is 102 Å². The van der Waals surface area contributed by atoms with Gasteiger partial charge in [0.2, 0.25) is 6.79 Å². The summed E-state index contributed by atoms with van der Waals surface area (Å²) in [5.74, 6) is 1.18. The average Bonchev–Trinajstić information content (AvgIpc) is 2.66. The van der Waals surface area contributed by atoms with E-state index in [0.717, 1.165) is 0 Å². The van der Waals surface area contributed by atoms with Gasteiger partial charge in [-0.05, 0) is 15.9 Å². The number of rotatable bonds is 2. The first-order valence-corrected chi connectivity index (χ1v) is 5.69. The van der Waals surface area contributed by atoms with E-state index in [1.54, 1.807) is 6.07 Å². The lowest BCUT2D eigenvalue weighted by Crippen LogP contribution is -2.23. The molecule has 1 aromatic rings. The summed E-state index contributed by atoms with van der Waals surface area (Å²) >= 11 is 3.25. The second kappa shape index (κ2) is 3.82. The molecule has 1 aromatic carbocycles. The van der Waals surface area contributed by atoms with Gasteiger partial charge in [-0.15, -0.1) is 0 Å². The summed E-state index contributed by atoms with van der Waals surface area (Å²) in [4.78, 5) is 0. The molecule has 1 aliphatic heterocycles. The highest BCUT2D eigenvalue weighted by molar-refractivity contribution is 9.10. The van der Waals surface area contributed by atoms with Crippen LogP contribution in [0, 0.1) is 0 Å². The lowest BCUT2D eigenvalue weighted by molar-refractivity contribution is 0.168. The van der Waals surface area contributed by atoms with Gasteiger partial charge in [-0.3, -0.25) is 0 Å². The van der Waals surface area contributed by atoms with Crippen LogP contribution in [0.2, 0.25) is 0 Å². The zero-order valence-electron chi connectivity index (χ0n) is 9.08. The monoisotopic (exact) mass is 288 g/mol. The van der Waals surface area contributed by atoms with E-state index >= 15 is 0 Å². The Bertz CT molecular complexity index is 428. The molecule has 0 saturated carbocycles. The largest absolute Gasteiger partial charge is 0.506 e. The number of benzene rings is 1. The molecule has 0 bridgehead atoms. The zero-order valence-corrected chi connectivity index (χ0v) is 10.7. The molecule has 5 heteroatoms. The summed E-state index contributed by atoms with van der Waals surface area (Å²) in [6.07, 6.45) is 0. The van der Waals surface area contributed by atoms with E-state index in [9.17, 15) is 10.2 Å². The predicted molar refractivity (Wildman–Crippen MR) is 62.0 cm³/mol. The van der Waals surface area contributed by atoms with Crippen molar-refractivity contribution < 1.29 is 19.7 Å². The number of aromatic hydroxyl groups is 1. The Morgan fingerprint density at radius 3 is 2.75 bits per heavy atom. The Morgan fingerprint density at radius 2 is 2.12 bits per heavy atom. The molecule has 0 atom stereocenters. The standard InChI is InChI=1S/C11H13BrO4/c1-11(2,4-13)8-9(14)6(12)3-7-10(8)16-5-15-7/h3,13-14H,4-5H2,1-2H3. The fourth-order valence-electron chi connectivity index (χ4n) is 1.71. The van der Waals surface area contributed by atoms with Gasteiger partial charge in [0, 0.05) is 17.0 Å². The van der Waals surface area contributed by atoms with E-state index in [1.807, 2.05) is 13.8 Å². The fraction of sp³-hybridized carbons (Fsp3) is 0.455. The van der Waals surface area contributed by atoms with Crippen LogP contribution in [0.1, 0.15) is 19.4 Å². The van der Waals surface area contributed by atoms with Crippen LogP contribution in [0.3, 0.4) is 0 Å². The van der Waals surface area contributed by atoms with Crippen molar-refractivity contribution in [3.8, 4) is 17.2 Å². The molecule has 0 spiro atoms. The van der Waals surface area contributed by atoms with Crippen LogP contribution in [-0.2, 0) is 5.41 Å². The molecule has 0 saturated heterocycles. The van der Waals surface area contributed by atoms with Gasteiger partial charge in [-0.2, -0.15) is 0 Å². The van der Waals surface area contributed by atoms with E-state index in [-0.39, 0.29) is 19.1 Å². The van der Waals surface area contributed by atoms with E-state index < -0.39 is 5.41 Å². The fourth-order valence-corrected chi connectivity index (χ4v) is 2.11. The van der Waals surface area contributed by atoms with Crippen LogP contribution in [-0.4, -0.2) is 23.6 Å². The molecule has 4 nitrogen and oxygen atoms in total. The third kappa shape index (κ3) is 1.64. The Kier molecular flexibility index (Phi) is 2.75. The number of halogens is 1. The highest BCUT2D eigenvalue weighted by atomic mass is 79.9. The molecular formula is C11H13BrO4. The molecule has 1 heterocycles. The summed E-state index contributed by atoms with van der Waals surface area (Å²) in [7, 11) is 0. The molecule has 1 aliphatic rings. The van der Waals surface area contributed by atoms with E-state index in [1.165, 1.54) is 0 Å². The Balaban J connectivity index is 2.68. The van der Waals surface area contributed by atoms with Crippen LogP contribution >= 0.6 is 15.9 Å². The number of aliphatic hydroxyl groups excluding tert-OH is 1. The van der Waals surface area contributed by atoms with E-state index in [2.05, 4.69) is 15.9 Å². The van der Waals surface area contributed by atoms with Crippen molar-refractivity contribution in [2.24, 2.45) is 0 Å². The molecule has 0 aliphatic carbocycles. The van der Waals surface area contributed by atoms with Crippen molar-refractivity contribution in [2.75, 3.05) is 13.4 Å². The number of aliphatic hydroxyl groups is 1. The van der Waals surface area contributed by atoms with Gasteiger partial charge < -0.3 is 19.7 Å². The third-order valence-electron chi connectivity index (χ3n) is 2.66. The highest BCUT2D eigenvalue weighted by Gasteiger charge is 2.33. The molecule has 88 valence electrons. The van der Waals surface area contributed by atoms with Crippen LogP contribution in [0.5, 0.6) is 17.2 Å². The van der Waals surface area contributed by atoms with Crippen molar-refractivity contribution in [3.05, 3.63) is 16.1 Å². The quantitative estimate of drug-likeness (QED) is 0.876. The summed E-state index contributed by atoms with van der Waals surface area (Å²) in [5, 5.41) is 19.4. The van der Waals surface area contributed by atoms with Gasteiger partial charge in [0.15, 0.2) is 11.5 Å². The van der Waals surface area contributed by atoms with Crippen molar-refractivity contribution in [1.29, 1.82) is 0 Å². The number of ether oxygens (including phenoxy) is 2. The minimum absolute atomic E-state index is 0.0864. The van der Waals surface area contributed by atoms with E-state index in [4.69, 9.17) is 9.47 Å². The van der Waals surface area contributed by atoms with Gasteiger partial charge in [-0.25, -0.2) is 0 Å². The van der Waals surface area contributed by atoms with Crippen LogP contribution < -0.4 is 9.47 Å². The maximum Gasteiger partial charge on any atom is 0.231 e. The minimum atomic E-state index is -0.592.